The summed E-state index contributed by atoms with van der Waals surface area (Å²) in [5, 5.41) is -15.7. The molecule has 0 unspecified atom stereocenters. The van der Waals surface area contributed by atoms with Crippen LogP contribution in [0.2, 0.25) is 0 Å². The lowest BCUT2D eigenvalue weighted by atomic mass is 9.84. The molecule has 114 heavy (non-hydrogen) atoms. The summed E-state index contributed by atoms with van der Waals surface area (Å²) in [5.41, 5.74) is -11.9. The number of rotatable bonds is 8. The van der Waals surface area contributed by atoms with E-state index in [9.17, 15) is 26.0 Å². The Bertz CT molecular complexity index is 12000. The minimum atomic E-state index is -1.07. The van der Waals surface area contributed by atoms with Gasteiger partial charge in [0, 0.05) is 0 Å². The normalized spacial score (nSPS) is 20.6. The van der Waals surface area contributed by atoms with Crippen molar-refractivity contribution in [2.45, 2.75) is 0 Å². The van der Waals surface area contributed by atoms with Gasteiger partial charge < -0.3 is 0 Å². The maximum absolute atomic E-state index is 9.76. The molecule has 0 heteroatoms. The zero-order valence-electron chi connectivity index (χ0n) is 131. The highest BCUT2D eigenvalue weighted by molar-refractivity contribution is 6.28. The molecule has 0 aromatic heterocycles. The van der Waals surface area contributed by atoms with Gasteiger partial charge in [-0.15, -0.1) is 0 Å². The minimum absolute atomic E-state index is 0.554. The molecular formula is C114H74. The standard InChI is InChI=1S/2C40H26.C34H22/c1-3-18-31-27(12-1)14-10-24-33(31)29-16-9-17-30(26-29)39-35-20-5-7-22-37(35)40(38-23-8-6-21-36(38)39)34-25-11-15-28-13-2-4-19-32(28)34;1-2-13-29-25-31(24-23-27(29)11-1)30-15-9-16-32(26-30)39-35-18-5-7-20-37(35)40(38-21-8-6-19-36(38)39)34-22-10-14-28-12-3-4-17-33(28)34;1-3-15-25-23(11-1)13-9-21-27(25)33-29-17-5-7-19-31(29)34(32-20-8-6-18-30(32)33)28-22-10-14-24-12-2-4-16-26(24)28/h2*1-26H;1-22H/i2*1D,2D,3D,4D,5D,6D,7D,8D,9D,10D,11D,12D,13D,14D,15D,16D,17D,18D,19D,20D,21D,22D,23D,24D,25D,26D;1D,2D,3D,4D,5D,6D,7D,8D,9D,10D,11D,12D,13D,14D,15D,16D,17D,18D,19D,20D,21D,22D. The third-order valence-electron chi connectivity index (χ3n) is 18.2. The van der Waals surface area contributed by atoms with Gasteiger partial charge in [0.2, 0.25) is 0 Å². The summed E-state index contributed by atoms with van der Waals surface area (Å²) in [5.74, 6) is 0. The van der Waals surface area contributed by atoms with Gasteiger partial charge >= 0.3 is 0 Å². The lowest BCUT2D eigenvalue weighted by Gasteiger charge is -2.19. The first-order valence-corrected chi connectivity index (χ1v) is 33.5. The fourth-order valence-corrected chi connectivity index (χ4v) is 13.5. The highest BCUT2D eigenvalue weighted by atomic mass is 14.3. The van der Waals surface area contributed by atoms with Gasteiger partial charge in [-0.2, -0.15) is 0 Å². The van der Waals surface area contributed by atoms with Crippen molar-refractivity contribution in [2.24, 2.45) is 0 Å². The molecule has 0 saturated carbocycles. The highest BCUT2D eigenvalue weighted by Gasteiger charge is 2.23. The summed E-state index contributed by atoms with van der Waals surface area (Å²) in [4.78, 5) is 0. The molecule has 0 N–H and O–H groups in total. The fourth-order valence-electron chi connectivity index (χ4n) is 13.5. The van der Waals surface area contributed by atoms with Crippen LogP contribution in [0.4, 0.5) is 0 Å². The quantitative estimate of drug-likeness (QED) is 0.133. The minimum Gasteiger partial charge on any atom is -0.0616 e. The highest BCUT2D eigenvalue weighted by Crippen LogP contribution is 2.51. The molecule has 0 aliphatic carbocycles. The molecule has 0 aliphatic heterocycles. The second-order valence-corrected chi connectivity index (χ2v) is 24.2. The van der Waals surface area contributed by atoms with Gasteiger partial charge in [0.05, 0.1) is 101 Å². The lowest BCUT2D eigenvalue weighted by Crippen LogP contribution is -1.92. The molecule has 0 radical (unpaired) electrons. The van der Waals surface area contributed by atoms with Crippen molar-refractivity contribution in [1.82, 2.24) is 0 Å². The Balaban J connectivity index is 0.000000158. The van der Waals surface area contributed by atoms with Crippen LogP contribution >= 0.6 is 0 Å². The van der Waals surface area contributed by atoms with E-state index in [0.717, 1.165) is 0 Å². The van der Waals surface area contributed by atoms with E-state index in [4.69, 9.17) is 75.4 Å². The first kappa shape index (κ1) is 25.6. The molecule has 0 heterocycles. The molecule has 0 saturated heterocycles. The third kappa shape index (κ3) is 11.8. The topological polar surface area (TPSA) is 0 Å². The molecule has 530 valence electrons. The van der Waals surface area contributed by atoms with Crippen LogP contribution in [-0.4, -0.2) is 0 Å². The molecule has 0 atom stereocenters. The van der Waals surface area contributed by atoms with E-state index in [1.807, 2.05) is 0 Å². The molecule has 0 spiro atoms. The third-order valence-corrected chi connectivity index (χ3v) is 18.2. The van der Waals surface area contributed by atoms with Crippen molar-refractivity contribution < 1.29 is 101 Å². The smallest absolute Gasteiger partial charge is 0.0616 e. The van der Waals surface area contributed by atoms with Crippen LogP contribution in [0.3, 0.4) is 0 Å². The Kier molecular flexibility index (Phi) is 6.49. The van der Waals surface area contributed by atoms with E-state index in [0.29, 0.717) is 0 Å². The van der Waals surface area contributed by atoms with Crippen molar-refractivity contribution in [1.29, 1.82) is 0 Å². The summed E-state index contributed by atoms with van der Waals surface area (Å²) in [6.45, 7) is 0. The Hall–Kier alpha value is -14.8. The van der Waals surface area contributed by atoms with Gasteiger partial charge in [0.15, 0.2) is 0 Å². The van der Waals surface area contributed by atoms with Crippen LogP contribution in [0.15, 0.2) is 447 Å². The first-order chi connectivity index (χ1) is 87.4. The Morgan fingerprint density at radius 2 is 0.298 bits per heavy atom. The average molecular weight is 1520 g/mol. The van der Waals surface area contributed by atoms with E-state index < -0.39 is 665 Å². The number of fused-ring (bicyclic) bond motifs is 12. The van der Waals surface area contributed by atoms with Gasteiger partial charge in [-0.25, -0.2) is 0 Å². The SMILES string of the molecule is [2H]c1c([2H])c(-c2c([2H])c([2H])c([2H])c3c([2H])c([2H])c([2H])c([2H])c23)c([2H])c(-c2c3c([2H])c([2H])c([2H])c([2H])c3c(-c3c([2H])c([2H])c([2H])c4c([2H])c([2H])c([2H])c([2H])c34)c3c([2H])c([2H])c([2H])c([2H])c23)c1[2H].[2H]c1c([2H])c(-c2c([2H])c([2H])c3c([2H])c([2H])c([2H])c([2H])c3c2[2H])c([2H])c(-c2c3c([2H])c([2H])c([2H])c([2H])c3c(-c3c([2H])c([2H])c([2H])c4c([2H])c([2H])c([2H])c([2H])c34)c3c([2H])c([2H])c([2H])c([2H])c23)c1[2H].[2H]c1c([2H])c([2H])c2c(-c3c4c([2H])c([2H])c([2H])c([2H])c4c(-c4c([2H])c([2H])c([2H])c5c([2H])c([2H])c([2H])c([2H])c45)c4c([2H])c([2H])c([2H])c([2H])c34)c([2H])c([2H])c([2H])c2c1[2H]. The summed E-state index contributed by atoms with van der Waals surface area (Å²) in [6, 6.07) is -68.0. The molecule has 0 aliphatic rings. The van der Waals surface area contributed by atoms with E-state index in [2.05, 4.69) is 0 Å². The lowest BCUT2D eigenvalue weighted by molar-refractivity contribution is 1.63. The van der Waals surface area contributed by atoms with E-state index in [1.165, 1.54) is 0 Å². The van der Waals surface area contributed by atoms with Gasteiger partial charge in [0.1, 0.15) is 0 Å². The number of hydrogen-bond acceptors (Lipinski definition) is 0. The van der Waals surface area contributed by atoms with Crippen LogP contribution in [-0.2, 0) is 0 Å². The maximum Gasteiger partial charge on any atom is 0.0636 e. The van der Waals surface area contributed by atoms with Gasteiger partial charge in [0.25, 0.3) is 0 Å². The van der Waals surface area contributed by atoms with Crippen LogP contribution < -0.4 is 0 Å². The second-order valence-electron chi connectivity index (χ2n) is 24.2. The zero-order valence-corrected chi connectivity index (χ0v) is 57.0. The second kappa shape index (κ2) is 28.9. The van der Waals surface area contributed by atoms with Crippen LogP contribution in [0, 0.1) is 0 Å². The van der Waals surface area contributed by atoms with Crippen LogP contribution in [0.1, 0.15) is 101 Å². The average Bonchev–Trinajstić information content (AvgIpc) is 0.682. The first-order valence-electron chi connectivity index (χ1n) is 70.5. The Morgan fingerprint density at radius 3 is 0.605 bits per heavy atom. The zero-order chi connectivity index (χ0) is 140. The summed E-state index contributed by atoms with van der Waals surface area (Å²) < 4.78 is 656. The van der Waals surface area contributed by atoms with Crippen LogP contribution in [0.25, 0.3) is 218 Å². The number of benzene rings is 23. The van der Waals surface area contributed by atoms with E-state index in [-0.39, 0.29) is 0 Å². The molecule has 0 amide bonds. The monoisotopic (exact) mass is 1520 g/mol. The fraction of sp³-hybridized carbons (Fsp3) is 0. The summed E-state index contributed by atoms with van der Waals surface area (Å²) in [6.07, 6.45) is 0. The molecule has 0 nitrogen and oxygen atoms in total. The Labute approximate surface area is 766 Å². The molecular weight excluding hydrogens is 1370 g/mol. The van der Waals surface area contributed by atoms with Crippen molar-refractivity contribution >= 4 is 129 Å². The van der Waals surface area contributed by atoms with Crippen molar-refractivity contribution in [3.8, 4) is 89.0 Å². The van der Waals surface area contributed by atoms with Crippen LogP contribution in [0.5, 0.6) is 0 Å². The molecule has 23 rings (SSSR count). The summed E-state index contributed by atoms with van der Waals surface area (Å²) in [7, 11) is 0. The predicted octanol–water partition coefficient (Wildman–Crippen LogP) is 32.2. The van der Waals surface area contributed by atoms with Crippen molar-refractivity contribution in [3.63, 3.8) is 0 Å². The van der Waals surface area contributed by atoms with E-state index >= 15 is 0 Å². The molecule has 23 aromatic carbocycles. The maximum atomic E-state index is 9.76. The van der Waals surface area contributed by atoms with Crippen molar-refractivity contribution in [3.05, 3.63) is 447 Å². The van der Waals surface area contributed by atoms with Crippen molar-refractivity contribution in [2.75, 3.05) is 0 Å². The molecule has 23 aromatic rings. The largest absolute Gasteiger partial charge is 0.0636 e. The van der Waals surface area contributed by atoms with E-state index in [1.54, 1.807) is 0 Å². The summed E-state index contributed by atoms with van der Waals surface area (Å²) >= 11 is 0. The van der Waals surface area contributed by atoms with Gasteiger partial charge in [-0.1, -0.05) is 429 Å². The molecule has 0 fully saturated rings. The Morgan fingerprint density at radius 1 is 0.105 bits per heavy atom. The van der Waals surface area contributed by atoms with Gasteiger partial charge in [-0.05, 0) is 236 Å². The molecule has 0 bridgehead atoms. The van der Waals surface area contributed by atoms with Gasteiger partial charge in [-0.3, -0.25) is 0 Å². The number of hydrogen-bond donors (Lipinski definition) is 0. The predicted molar refractivity (Wildman–Crippen MR) is 493 cm³/mol.